The van der Waals surface area contributed by atoms with E-state index < -0.39 is 12.2 Å². The van der Waals surface area contributed by atoms with Crippen LogP contribution in [0.2, 0.25) is 0 Å². The van der Waals surface area contributed by atoms with E-state index in [1.165, 1.54) is 24.1 Å². The minimum Gasteiger partial charge on any atom is -0.493 e. The van der Waals surface area contributed by atoms with Gasteiger partial charge in [0, 0.05) is 19.5 Å². The van der Waals surface area contributed by atoms with Gasteiger partial charge in [-0.05, 0) is 43.4 Å². The van der Waals surface area contributed by atoms with Gasteiger partial charge in [0.1, 0.15) is 5.54 Å². The molecule has 10 heteroatoms. The Labute approximate surface area is 179 Å². The molecule has 1 heterocycles. The summed E-state index contributed by atoms with van der Waals surface area (Å²) in [6.45, 7) is -2.45. The monoisotopic (exact) mass is 439 g/mol. The van der Waals surface area contributed by atoms with Crippen molar-refractivity contribution in [1.82, 2.24) is 15.5 Å². The third-order valence-electron chi connectivity index (χ3n) is 5.67. The lowest BCUT2D eigenvalue weighted by atomic mass is 9.98. The molecule has 0 aromatic heterocycles. The Bertz CT molecular complexity index is 827. The van der Waals surface area contributed by atoms with Crippen LogP contribution in [0.3, 0.4) is 0 Å². The van der Waals surface area contributed by atoms with Crippen molar-refractivity contribution in [3.8, 4) is 11.5 Å². The first-order chi connectivity index (χ1) is 14.8. The lowest BCUT2D eigenvalue weighted by Gasteiger charge is -2.19. The molecule has 1 spiro atoms. The summed E-state index contributed by atoms with van der Waals surface area (Å²) < 4.78 is 34.5. The van der Waals surface area contributed by atoms with Crippen LogP contribution in [-0.2, 0) is 16.0 Å². The smallest absolute Gasteiger partial charge is 0.387 e. The van der Waals surface area contributed by atoms with E-state index in [4.69, 9.17) is 4.74 Å². The maximum atomic E-state index is 12.6. The molecule has 1 aromatic carbocycles. The highest BCUT2D eigenvalue weighted by molar-refractivity contribution is 6.07. The van der Waals surface area contributed by atoms with E-state index in [0.29, 0.717) is 37.8 Å². The van der Waals surface area contributed by atoms with Crippen molar-refractivity contribution in [2.24, 2.45) is 0 Å². The number of carbonyl (C=O) groups excluding carboxylic acids is 3. The lowest BCUT2D eigenvalue weighted by molar-refractivity contribution is -0.131. The molecule has 1 aliphatic heterocycles. The Balaban J connectivity index is 1.40. The van der Waals surface area contributed by atoms with Gasteiger partial charge in [-0.25, -0.2) is 4.79 Å². The normalized spacial score (nSPS) is 17.4. The highest BCUT2D eigenvalue weighted by atomic mass is 19.3. The van der Waals surface area contributed by atoms with Crippen molar-refractivity contribution in [3.63, 3.8) is 0 Å². The average molecular weight is 439 g/mol. The van der Waals surface area contributed by atoms with E-state index in [1.54, 1.807) is 6.07 Å². The summed E-state index contributed by atoms with van der Waals surface area (Å²) in [6, 6.07) is 4.31. The standard InChI is InChI=1S/C21H27F2N3O5/c1-30-15-7-6-14(13-16(15)31-19(22)23)8-11-24-17(27)5-4-12-26-18(28)21(25-20(26)29)9-2-3-10-21/h6-7,13,19H,2-5,8-12H2,1H3,(H,24,27)(H,25,29). The van der Waals surface area contributed by atoms with E-state index in [9.17, 15) is 23.2 Å². The number of halogens is 2. The van der Waals surface area contributed by atoms with Crippen LogP contribution in [0.4, 0.5) is 13.6 Å². The number of methoxy groups -OCH3 is 1. The molecule has 170 valence electrons. The Morgan fingerprint density at radius 2 is 2.00 bits per heavy atom. The first kappa shape index (κ1) is 22.8. The molecular formula is C21H27F2N3O5. The molecule has 8 nitrogen and oxygen atoms in total. The predicted octanol–water partition coefficient (Wildman–Crippen LogP) is 2.60. The van der Waals surface area contributed by atoms with Crippen LogP contribution in [0.15, 0.2) is 18.2 Å². The molecular weight excluding hydrogens is 412 g/mol. The molecule has 31 heavy (non-hydrogen) atoms. The van der Waals surface area contributed by atoms with Gasteiger partial charge in [0.2, 0.25) is 5.91 Å². The van der Waals surface area contributed by atoms with Gasteiger partial charge >= 0.3 is 12.6 Å². The van der Waals surface area contributed by atoms with Crippen molar-refractivity contribution in [3.05, 3.63) is 23.8 Å². The van der Waals surface area contributed by atoms with Crippen molar-refractivity contribution in [2.75, 3.05) is 20.2 Å². The van der Waals surface area contributed by atoms with Crippen molar-refractivity contribution in [2.45, 2.75) is 57.1 Å². The highest BCUT2D eigenvalue weighted by Gasteiger charge is 2.52. The van der Waals surface area contributed by atoms with Gasteiger partial charge in [0.25, 0.3) is 5.91 Å². The summed E-state index contributed by atoms with van der Waals surface area (Å²) in [6.07, 6.45) is 4.15. The van der Waals surface area contributed by atoms with E-state index in [1.807, 2.05) is 0 Å². The fourth-order valence-electron chi connectivity index (χ4n) is 4.09. The Hall–Kier alpha value is -2.91. The number of ether oxygens (including phenoxy) is 2. The summed E-state index contributed by atoms with van der Waals surface area (Å²) in [4.78, 5) is 38.0. The van der Waals surface area contributed by atoms with Gasteiger partial charge in [0.05, 0.1) is 7.11 Å². The third-order valence-corrected chi connectivity index (χ3v) is 5.67. The molecule has 1 aliphatic carbocycles. The third kappa shape index (κ3) is 5.42. The maximum Gasteiger partial charge on any atom is 0.387 e. The largest absolute Gasteiger partial charge is 0.493 e. The molecule has 1 aromatic rings. The van der Waals surface area contributed by atoms with Crippen molar-refractivity contribution in [1.29, 1.82) is 0 Å². The van der Waals surface area contributed by atoms with Gasteiger partial charge in [-0.2, -0.15) is 8.78 Å². The fraction of sp³-hybridized carbons (Fsp3) is 0.571. The highest BCUT2D eigenvalue weighted by Crippen LogP contribution is 2.35. The van der Waals surface area contributed by atoms with E-state index in [2.05, 4.69) is 15.4 Å². The van der Waals surface area contributed by atoms with Crippen LogP contribution in [-0.4, -0.2) is 55.1 Å². The van der Waals surface area contributed by atoms with Gasteiger partial charge in [-0.3, -0.25) is 14.5 Å². The van der Waals surface area contributed by atoms with Gasteiger partial charge in [-0.15, -0.1) is 0 Å². The molecule has 0 atom stereocenters. The second kappa shape index (κ2) is 9.93. The maximum absolute atomic E-state index is 12.6. The quantitative estimate of drug-likeness (QED) is 0.547. The van der Waals surface area contributed by atoms with Crippen LogP contribution in [0.1, 0.15) is 44.1 Å². The molecule has 1 saturated heterocycles. The van der Waals surface area contributed by atoms with Crippen LogP contribution >= 0.6 is 0 Å². The topological polar surface area (TPSA) is 97.0 Å². The first-order valence-corrected chi connectivity index (χ1v) is 10.4. The first-order valence-electron chi connectivity index (χ1n) is 10.4. The minimum absolute atomic E-state index is 0.0603. The van der Waals surface area contributed by atoms with Gasteiger partial charge < -0.3 is 20.1 Å². The van der Waals surface area contributed by atoms with Crippen LogP contribution < -0.4 is 20.1 Å². The number of nitrogens with zero attached hydrogens (tertiary/aromatic N) is 1. The molecule has 2 aliphatic rings. The number of alkyl halides is 2. The molecule has 0 bridgehead atoms. The molecule has 0 unspecified atom stereocenters. The number of carbonyl (C=O) groups is 3. The van der Waals surface area contributed by atoms with Crippen molar-refractivity contribution < 1.29 is 32.6 Å². The molecule has 2 N–H and O–H groups in total. The summed E-state index contributed by atoms with van der Waals surface area (Å²) >= 11 is 0. The summed E-state index contributed by atoms with van der Waals surface area (Å²) in [7, 11) is 1.36. The zero-order valence-electron chi connectivity index (χ0n) is 17.4. The minimum atomic E-state index is -2.96. The molecule has 1 saturated carbocycles. The zero-order valence-corrected chi connectivity index (χ0v) is 17.4. The van der Waals surface area contributed by atoms with Crippen molar-refractivity contribution >= 4 is 17.8 Å². The summed E-state index contributed by atoms with van der Waals surface area (Å²) in [5.41, 5.74) is -0.0251. The number of hydrogen-bond donors (Lipinski definition) is 2. The number of amides is 4. The molecule has 3 rings (SSSR count). The fourth-order valence-corrected chi connectivity index (χ4v) is 4.09. The Kier molecular flexibility index (Phi) is 7.29. The molecule has 2 fully saturated rings. The van der Waals surface area contributed by atoms with E-state index in [-0.39, 0.29) is 42.3 Å². The number of urea groups is 1. The van der Waals surface area contributed by atoms with Gasteiger partial charge in [-0.1, -0.05) is 18.9 Å². The van der Waals surface area contributed by atoms with Gasteiger partial charge in [0.15, 0.2) is 11.5 Å². The van der Waals surface area contributed by atoms with E-state index >= 15 is 0 Å². The lowest BCUT2D eigenvalue weighted by Crippen LogP contribution is -2.44. The number of nitrogens with one attached hydrogen (secondary N) is 2. The Morgan fingerprint density at radius 3 is 2.68 bits per heavy atom. The zero-order chi connectivity index (χ0) is 22.4. The predicted molar refractivity (Wildman–Crippen MR) is 107 cm³/mol. The number of rotatable bonds is 10. The van der Waals surface area contributed by atoms with Crippen LogP contribution in [0.5, 0.6) is 11.5 Å². The SMILES string of the molecule is COc1ccc(CCNC(=O)CCCN2C(=O)NC3(CCCC3)C2=O)cc1OC(F)F. The molecule has 4 amide bonds. The number of benzene rings is 1. The summed E-state index contributed by atoms with van der Waals surface area (Å²) in [5.74, 6) is -0.250. The molecule has 0 radical (unpaired) electrons. The Morgan fingerprint density at radius 1 is 1.26 bits per heavy atom. The van der Waals surface area contributed by atoms with E-state index in [0.717, 1.165) is 12.8 Å². The number of hydrogen-bond acceptors (Lipinski definition) is 5. The second-order valence-corrected chi connectivity index (χ2v) is 7.74. The average Bonchev–Trinajstić information content (AvgIpc) is 3.28. The van der Waals surface area contributed by atoms with Crippen LogP contribution in [0, 0.1) is 0 Å². The van der Waals surface area contributed by atoms with Crippen LogP contribution in [0.25, 0.3) is 0 Å². The number of imide groups is 1. The second-order valence-electron chi connectivity index (χ2n) is 7.74. The summed E-state index contributed by atoms with van der Waals surface area (Å²) in [5, 5.41) is 5.57.